The predicted molar refractivity (Wildman–Crippen MR) is 130 cm³/mol. The van der Waals surface area contributed by atoms with Crippen molar-refractivity contribution in [3.63, 3.8) is 0 Å². The van der Waals surface area contributed by atoms with Crippen molar-refractivity contribution >= 4 is 17.5 Å². The van der Waals surface area contributed by atoms with Gasteiger partial charge in [0.25, 0.3) is 5.91 Å². The highest BCUT2D eigenvalue weighted by molar-refractivity contribution is 6.33. The minimum Gasteiger partial charge on any atom is -0.360 e. The molecule has 0 saturated heterocycles. The lowest BCUT2D eigenvalue weighted by molar-refractivity contribution is 0.0950. The van der Waals surface area contributed by atoms with Crippen molar-refractivity contribution in [3.05, 3.63) is 107 Å². The van der Waals surface area contributed by atoms with Gasteiger partial charge in [0.15, 0.2) is 0 Å². The normalized spacial score (nSPS) is 10.9. The lowest BCUT2D eigenvalue weighted by Crippen LogP contribution is -2.23. The molecule has 0 aliphatic heterocycles. The van der Waals surface area contributed by atoms with E-state index in [2.05, 4.69) is 15.5 Å². The van der Waals surface area contributed by atoms with Crippen LogP contribution in [0.15, 0.2) is 89.8 Å². The first kappa shape index (κ1) is 21.6. The molecule has 168 valence electrons. The smallest absolute Gasteiger partial charge is 0.257 e. The summed E-state index contributed by atoms with van der Waals surface area (Å²) in [6.45, 7) is 1.97. The third-order valence-electron chi connectivity index (χ3n) is 5.42. The molecule has 0 bridgehead atoms. The number of halogens is 1. The maximum Gasteiger partial charge on any atom is 0.257 e. The molecule has 0 unspecified atom stereocenters. The molecule has 0 aliphatic carbocycles. The highest BCUT2D eigenvalue weighted by Gasteiger charge is 2.23. The molecule has 3 heterocycles. The average molecular weight is 470 g/mol. The summed E-state index contributed by atoms with van der Waals surface area (Å²) in [5, 5.41) is 12.4. The van der Waals surface area contributed by atoms with E-state index in [1.54, 1.807) is 30.1 Å². The van der Waals surface area contributed by atoms with E-state index in [1.807, 2.05) is 66.9 Å². The van der Waals surface area contributed by atoms with Crippen LogP contribution in [-0.4, -0.2) is 25.8 Å². The summed E-state index contributed by atoms with van der Waals surface area (Å²) in [5.41, 5.74) is 4.86. The van der Waals surface area contributed by atoms with Gasteiger partial charge in [-0.2, -0.15) is 5.10 Å². The number of amides is 1. The van der Waals surface area contributed by atoms with E-state index < -0.39 is 0 Å². The Morgan fingerprint density at radius 2 is 1.74 bits per heavy atom. The summed E-state index contributed by atoms with van der Waals surface area (Å²) < 4.78 is 7.14. The van der Waals surface area contributed by atoms with E-state index in [1.165, 1.54) is 0 Å². The number of nitrogens with one attached hydrogen (secondary N) is 1. The Balaban J connectivity index is 1.46. The van der Waals surface area contributed by atoms with E-state index in [4.69, 9.17) is 21.2 Å². The summed E-state index contributed by atoms with van der Waals surface area (Å²) >= 11 is 6.34. The van der Waals surface area contributed by atoms with Crippen molar-refractivity contribution in [1.29, 1.82) is 0 Å². The number of aryl methyl sites for hydroxylation is 1. The summed E-state index contributed by atoms with van der Waals surface area (Å²) in [6, 6.07) is 20.8. The van der Waals surface area contributed by atoms with Crippen LogP contribution in [0, 0.1) is 6.92 Å². The maximum atomic E-state index is 13.2. The highest BCUT2D eigenvalue weighted by atomic mass is 35.5. The Kier molecular flexibility index (Phi) is 5.93. The van der Waals surface area contributed by atoms with E-state index >= 15 is 0 Å². The van der Waals surface area contributed by atoms with Gasteiger partial charge in [0.05, 0.1) is 16.4 Å². The van der Waals surface area contributed by atoms with Crippen LogP contribution >= 0.6 is 11.6 Å². The van der Waals surface area contributed by atoms with Crippen LogP contribution < -0.4 is 5.32 Å². The minimum absolute atomic E-state index is 0.260. The van der Waals surface area contributed by atoms with Gasteiger partial charge in [0, 0.05) is 41.8 Å². The molecule has 7 nitrogen and oxygen atoms in total. The van der Waals surface area contributed by atoms with Crippen LogP contribution in [0.1, 0.15) is 21.7 Å². The van der Waals surface area contributed by atoms with Crippen molar-refractivity contribution < 1.29 is 9.32 Å². The first-order chi connectivity index (χ1) is 16.6. The highest BCUT2D eigenvalue weighted by Crippen LogP contribution is 2.31. The van der Waals surface area contributed by atoms with Crippen LogP contribution in [0.25, 0.3) is 28.2 Å². The zero-order valence-corrected chi connectivity index (χ0v) is 19.0. The molecule has 5 aromatic rings. The van der Waals surface area contributed by atoms with Gasteiger partial charge in [0.1, 0.15) is 17.0 Å². The Morgan fingerprint density at radius 3 is 2.50 bits per heavy atom. The van der Waals surface area contributed by atoms with Crippen LogP contribution in [0.5, 0.6) is 0 Å². The number of rotatable bonds is 6. The fourth-order valence-electron chi connectivity index (χ4n) is 3.75. The Hall–Kier alpha value is -4.23. The van der Waals surface area contributed by atoms with Crippen LogP contribution in [0.3, 0.4) is 0 Å². The number of para-hydroxylation sites is 1. The molecule has 2 aromatic carbocycles. The number of aromatic nitrogens is 4. The summed E-state index contributed by atoms with van der Waals surface area (Å²) in [7, 11) is 0. The average Bonchev–Trinajstić information content (AvgIpc) is 3.48. The largest absolute Gasteiger partial charge is 0.360 e. The van der Waals surface area contributed by atoms with Gasteiger partial charge in [-0.15, -0.1) is 0 Å². The monoisotopic (exact) mass is 469 g/mol. The molecule has 34 heavy (non-hydrogen) atoms. The molecule has 0 aliphatic rings. The van der Waals surface area contributed by atoms with Gasteiger partial charge >= 0.3 is 0 Å². The topological polar surface area (TPSA) is 85.8 Å². The quantitative estimate of drug-likeness (QED) is 0.356. The Bertz CT molecular complexity index is 1440. The molecule has 0 spiro atoms. The zero-order valence-electron chi connectivity index (χ0n) is 18.3. The Labute approximate surface area is 201 Å². The number of benzene rings is 2. The molecule has 3 aromatic heterocycles. The molecule has 5 rings (SSSR count). The third kappa shape index (κ3) is 4.21. The first-order valence-electron chi connectivity index (χ1n) is 10.7. The zero-order chi connectivity index (χ0) is 23.5. The fraction of sp³-hybridized carbons (Fsp3) is 0.0769. The summed E-state index contributed by atoms with van der Waals surface area (Å²) in [5.74, 6) is 0.114. The number of carbonyl (C=O) groups excluding carboxylic acids is 1. The van der Waals surface area contributed by atoms with Crippen molar-refractivity contribution in [3.8, 4) is 28.2 Å². The van der Waals surface area contributed by atoms with Gasteiger partial charge in [0.2, 0.25) is 0 Å². The van der Waals surface area contributed by atoms with Crippen LogP contribution in [0.4, 0.5) is 0 Å². The molecule has 1 amide bonds. The molecule has 0 saturated carbocycles. The predicted octanol–water partition coefficient (Wildman–Crippen LogP) is 5.48. The lowest BCUT2D eigenvalue weighted by atomic mass is 10.1. The van der Waals surface area contributed by atoms with Crippen molar-refractivity contribution in [1.82, 2.24) is 25.2 Å². The van der Waals surface area contributed by atoms with Crippen molar-refractivity contribution in [2.75, 3.05) is 0 Å². The number of hydrogen-bond donors (Lipinski definition) is 1. The number of pyridine rings is 1. The minimum atomic E-state index is -0.304. The molecule has 0 atom stereocenters. The molecular formula is C26H20ClN5O2. The van der Waals surface area contributed by atoms with E-state index in [-0.39, 0.29) is 12.5 Å². The SMILES string of the molecule is Cc1onc(-c2ccccc2Cl)c1C(=O)NCc1cn(-c2ccccc2)nc1-c1ccncc1. The summed E-state index contributed by atoms with van der Waals surface area (Å²) in [6.07, 6.45) is 5.35. The Morgan fingerprint density at radius 1 is 1.00 bits per heavy atom. The fourth-order valence-corrected chi connectivity index (χ4v) is 3.97. The second kappa shape index (κ2) is 9.33. The summed E-state index contributed by atoms with van der Waals surface area (Å²) in [4.78, 5) is 17.3. The van der Waals surface area contributed by atoms with Crippen LogP contribution in [0.2, 0.25) is 5.02 Å². The molecule has 8 heteroatoms. The molecule has 0 fully saturated rings. The van der Waals surface area contributed by atoms with Crippen molar-refractivity contribution in [2.45, 2.75) is 13.5 Å². The van der Waals surface area contributed by atoms with Gasteiger partial charge in [-0.25, -0.2) is 4.68 Å². The van der Waals surface area contributed by atoms with Crippen LogP contribution in [-0.2, 0) is 6.54 Å². The van der Waals surface area contributed by atoms with Gasteiger partial charge in [-0.3, -0.25) is 9.78 Å². The molecule has 1 N–H and O–H groups in total. The molecular weight excluding hydrogens is 450 g/mol. The van der Waals surface area contributed by atoms with Gasteiger partial charge in [-0.05, 0) is 37.3 Å². The molecule has 0 radical (unpaired) electrons. The standard InChI is InChI=1S/C26H20ClN5O2/c1-17-23(25(31-34-17)21-9-5-6-10-22(21)27)26(33)29-15-19-16-32(20-7-3-2-4-8-20)30-24(19)18-11-13-28-14-12-18/h2-14,16H,15H2,1H3,(H,29,33). The van der Waals surface area contributed by atoms with E-state index in [0.29, 0.717) is 27.6 Å². The van der Waals surface area contributed by atoms with Gasteiger partial charge in [-0.1, -0.05) is 53.2 Å². The number of nitrogens with zero attached hydrogens (tertiary/aromatic N) is 4. The van der Waals surface area contributed by atoms with E-state index in [9.17, 15) is 4.79 Å². The van der Waals surface area contributed by atoms with E-state index in [0.717, 1.165) is 22.5 Å². The number of hydrogen-bond acceptors (Lipinski definition) is 5. The van der Waals surface area contributed by atoms with Crippen molar-refractivity contribution in [2.24, 2.45) is 0 Å². The first-order valence-corrected chi connectivity index (χ1v) is 11.0. The van der Waals surface area contributed by atoms with Gasteiger partial charge < -0.3 is 9.84 Å². The maximum absolute atomic E-state index is 13.2. The number of carbonyl (C=O) groups is 1. The second-order valence-corrected chi connectivity index (χ2v) is 8.05. The lowest BCUT2D eigenvalue weighted by Gasteiger charge is -2.07. The third-order valence-corrected chi connectivity index (χ3v) is 5.75. The second-order valence-electron chi connectivity index (χ2n) is 7.64.